The maximum atomic E-state index is 12.7. The fourth-order valence-electron chi connectivity index (χ4n) is 3.07. The molecule has 4 rings (SSSR count). The molecule has 0 aliphatic rings. The van der Waals surface area contributed by atoms with Crippen molar-refractivity contribution >= 4 is 55.8 Å². The van der Waals surface area contributed by atoms with Crippen LogP contribution >= 0.6 is 23.2 Å². The topological polar surface area (TPSA) is 103 Å². The summed E-state index contributed by atoms with van der Waals surface area (Å²) >= 11 is 12.0. The molecule has 0 aliphatic carbocycles. The highest BCUT2D eigenvalue weighted by molar-refractivity contribution is 7.92. The minimum Gasteiger partial charge on any atom is -0.382 e. The quantitative estimate of drug-likeness (QED) is 0.484. The molecule has 0 bridgehead atoms. The van der Waals surface area contributed by atoms with E-state index in [9.17, 15) is 8.42 Å². The first-order valence-electron chi connectivity index (χ1n) is 8.42. The maximum absolute atomic E-state index is 12.7. The van der Waals surface area contributed by atoms with Gasteiger partial charge in [-0.1, -0.05) is 41.4 Å². The number of aromatic nitrogens is 3. The summed E-state index contributed by atoms with van der Waals surface area (Å²) in [5.41, 5.74) is 8.79. The van der Waals surface area contributed by atoms with Gasteiger partial charge in [0.25, 0.3) is 10.0 Å². The van der Waals surface area contributed by atoms with Gasteiger partial charge in [-0.2, -0.15) is 5.10 Å². The van der Waals surface area contributed by atoms with Crippen LogP contribution in [-0.4, -0.2) is 23.2 Å². The van der Waals surface area contributed by atoms with E-state index in [0.29, 0.717) is 17.2 Å². The molecule has 0 fully saturated rings. The molecule has 0 spiro atoms. The number of fused-ring (bicyclic) bond motifs is 1. The van der Waals surface area contributed by atoms with Crippen LogP contribution in [0.3, 0.4) is 0 Å². The SMILES string of the molecule is Cn1nc(N)c2c(-c3ccc(NS(=O)(=O)c4cccc(Cl)c4Cl)cc3)ccnc21. The van der Waals surface area contributed by atoms with Crippen LogP contribution in [0.4, 0.5) is 11.5 Å². The Bertz CT molecular complexity index is 1330. The average molecular weight is 448 g/mol. The molecule has 3 N–H and O–H groups in total. The fourth-order valence-corrected chi connectivity index (χ4v) is 4.89. The molecule has 10 heteroatoms. The number of anilines is 2. The van der Waals surface area contributed by atoms with Crippen molar-refractivity contribution in [3.05, 3.63) is 64.8 Å². The molecule has 29 heavy (non-hydrogen) atoms. The van der Waals surface area contributed by atoms with Crippen molar-refractivity contribution in [1.29, 1.82) is 0 Å². The second-order valence-corrected chi connectivity index (χ2v) is 8.74. The first-order valence-corrected chi connectivity index (χ1v) is 10.7. The van der Waals surface area contributed by atoms with Gasteiger partial charge in [-0.05, 0) is 41.5 Å². The number of rotatable bonds is 4. The second kappa shape index (κ2) is 7.22. The van der Waals surface area contributed by atoms with Gasteiger partial charge in [0.2, 0.25) is 0 Å². The van der Waals surface area contributed by atoms with Crippen LogP contribution in [0.25, 0.3) is 22.2 Å². The van der Waals surface area contributed by atoms with E-state index in [0.717, 1.165) is 16.5 Å². The molecule has 2 heterocycles. The van der Waals surface area contributed by atoms with Crippen molar-refractivity contribution in [2.45, 2.75) is 4.90 Å². The van der Waals surface area contributed by atoms with Crippen LogP contribution in [0, 0.1) is 0 Å². The summed E-state index contributed by atoms with van der Waals surface area (Å²) in [4.78, 5) is 4.22. The Morgan fingerprint density at radius 1 is 1.07 bits per heavy atom. The number of nitrogens with zero attached hydrogens (tertiary/aromatic N) is 3. The van der Waals surface area contributed by atoms with Gasteiger partial charge < -0.3 is 5.73 Å². The van der Waals surface area contributed by atoms with Crippen molar-refractivity contribution in [2.75, 3.05) is 10.5 Å². The fraction of sp³-hybridized carbons (Fsp3) is 0.0526. The Labute approximate surface area is 177 Å². The van der Waals surface area contributed by atoms with Crippen LogP contribution in [-0.2, 0) is 17.1 Å². The van der Waals surface area contributed by atoms with Gasteiger partial charge >= 0.3 is 0 Å². The molecule has 0 radical (unpaired) electrons. The van der Waals surface area contributed by atoms with Gasteiger partial charge in [0.15, 0.2) is 11.5 Å². The third-order valence-corrected chi connectivity index (χ3v) is 6.76. The van der Waals surface area contributed by atoms with Crippen LogP contribution in [0.2, 0.25) is 10.0 Å². The van der Waals surface area contributed by atoms with Gasteiger partial charge in [-0.25, -0.2) is 18.1 Å². The molecule has 2 aromatic carbocycles. The van der Waals surface area contributed by atoms with Crippen molar-refractivity contribution in [3.8, 4) is 11.1 Å². The van der Waals surface area contributed by atoms with E-state index in [1.54, 1.807) is 42.2 Å². The van der Waals surface area contributed by atoms with E-state index in [1.165, 1.54) is 18.2 Å². The molecule has 0 aliphatic heterocycles. The molecule has 0 unspecified atom stereocenters. The van der Waals surface area contributed by atoms with Crippen molar-refractivity contribution < 1.29 is 8.42 Å². The zero-order valence-corrected chi connectivity index (χ0v) is 17.4. The van der Waals surface area contributed by atoms with E-state index >= 15 is 0 Å². The molecular weight excluding hydrogens is 433 g/mol. The lowest BCUT2D eigenvalue weighted by Crippen LogP contribution is -2.13. The summed E-state index contributed by atoms with van der Waals surface area (Å²) in [6.45, 7) is 0. The molecule has 148 valence electrons. The number of pyridine rings is 1. The zero-order chi connectivity index (χ0) is 20.8. The van der Waals surface area contributed by atoms with Crippen molar-refractivity contribution in [3.63, 3.8) is 0 Å². The van der Waals surface area contributed by atoms with Crippen molar-refractivity contribution in [2.24, 2.45) is 7.05 Å². The van der Waals surface area contributed by atoms with E-state index in [2.05, 4.69) is 14.8 Å². The van der Waals surface area contributed by atoms with Crippen molar-refractivity contribution in [1.82, 2.24) is 14.8 Å². The van der Waals surface area contributed by atoms with Crippen LogP contribution < -0.4 is 10.5 Å². The lowest BCUT2D eigenvalue weighted by atomic mass is 10.0. The van der Waals surface area contributed by atoms with Gasteiger partial charge in [0.1, 0.15) is 4.90 Å². The lowest BCUT2D eigenvalue weighted by Gasteiger charge is -2.11. The van der Waals surface area contributed by atoms with E-state index in [-0.39, 0.29) is 14.9 Å². The number of nitrogen functional groups attached to an aromatic ring is 1. The van der Waals surface area contributed by atoms with Crippen LogP contribution in [0.5, 0.6) is 0 Å². The summed E-state index contributed by atoms with van der Waals surface area (Å²) in [5.74, 6) is 0.381. The number of halogens is 2. The summed E-state index contributed by atoms with van der Waals surface area (Å²) in [5, 5.41) is 5.10. The largest absolute Gasteiger partial charge is 0.382 e. The number of hydrogen-bond acceptors (Lipinski definition) is 5. The molecule has 0 atom stereocenters. The predicted molar refractivity (Wildman–Crippen MR) is 116 cm³/mol. The van der Waals surface area contributed by atoms with Gasteiger partial charge in [0, 0.05) is 18.9 Å². The first-order chi connectivity index (χ1) is 13.8. The average Bonchev–Trinajstić information content (AvgIpc) is 2.98. The van der Waals surface area contributed by atoms with Gasteiger partial charge in [0.05, 0.1) is 15.4 Å². The monoisotopic (exact) mass is 447 g/mol. The van der Waals surface area contributed by atoms with Gasteiger partial charge in [-0.3, -0.25) is 4.72 Å². The smallest absolute Gasteiger partial charge is 0.263 e. The molecule has 0 saturated heterocycles. The summed E-state index contributed by atoms with van der Waals surface area (Å²) in [6.07, 6.45) is 1.68. The van der Waals surface area contributed by atoms with E-state index in [1.807, 2.05) is 6.07 Å². The predicted octanol–water partition coefficient (Wildman–Crippen LogP) is 4.33. The minimum atomic E-state index is -3.89. The van der Waals surface area contributed by atoms with Gasteiger partial charge in [-0.15, -0.1) is 0 Å². The Balaban J connectivity index is 1.68. The Kier molecular flexibility index (Phi) is 4.85. The highest BCUT2D eigenvalue weighted by atomic mass is 35.5. The van der Waals surface area contributed by atoms with E-state index in [4.69, 9.17) is 28.9 Å². The molecule has 7 nitrogen and oxygen atoms in total. The van der Waals surface area contributed by atoms with Crippen LogP contribution in [0.15, 0.2) is 59.6 Å². The Morgan fingerprint density at radius 3 is 2.52 bits per heavy atom. The van der Waals surface area contributed by atoms with E-state index < -0.39 is 10.0 Å². The normalized spacial score (nSPS) is 11.7. The molecular formula is C19H15Cl2N5O2S. The molecule has 0 saturated carbocycles. The van der Waals surface area contributed by atoms with Crippen LogP contribution in [0.1, 0.15) is 0 Å². The molecule has 4 aromatic rings. The Morgan fingerprint density at radius 2 is 1.79 bits per heavy atom. The third-order valence-electron chi connectivity index (χ3n) is 4.41. The number of nitrogens with two attached hydrogens (primary N) is 1. The number of nitrogens with one attached hydrogen (secondary N) is 1. The Hall–Kier alpha value is -2.81. The number of sulfonamides is 1. The highest BCUT2D eigenvalue weighted by Crippen LogP contribution is 2.33. The summed E-state index contributed by atoms with van der Waals surface area (Å²) in [6, 6.07) is 13.2. The second-order valence-electron chi connectivity index (χ2n) is 6.30. The molecule has 0 amide bonds. The minimum absolute atomic E-state index is 0.0236. The highest BCUT2D eigenvalue weighted by Gasteiger charge is 2.20. The molecule has 2 aromatic heterocycles. The number of aryl methyl sites for hydroxylation is 1. The maximum Gasteiger partial charge on any atom is 0.263 e. The number of benzene rings is 2. The lowest BCUT2D eigenvalue weighted by molar-refractivity contribution is 0.601. The number of hydrogen-bond donors (Lipinski definition) is 2. The third kappa shape index (κ3) is 3.50. The summed E-state index contributed by atoms with van der Waals surface area (Å²) in [7, 11) is -2.12. The first kappa shape index (κ1) is 19.5. The summed E-state index contributed by atoms with van der Waals surface area (Å²) < 4.78 is 29.4. The zero-order valence-electron chi connectivity index (χ0n) is 15.1. The standard InChI is InChI=1S/C19H15Cl2N5O2S/c1-26-19-16(18(22)24-26)13(9-10-23-19)11-5-7-12(8-6-11)25-29(27,28)15-4-2-3-14(20)17(15)21/h2-10,25H,1H3,(H2,22,24).